The molecule has 0 aliphatic carbocycles. The number of carbonyl (C=O) groups is 1. The van der Waals surface area contributed by atoms with Crippen LogP contribution in [0, 0.1) is 11.6 Å². The molecule has 1 aliphatic rings. The van der Waals surface area contributed by atoms with Crippen LogP contribution in [0.5, 0.6) is 5.75 Å². The summed E-state index contributed by atoms with van der Waals surface area (Å²) in [5, 5.41) is 0. The van der Waals surface area contributed by atoms with E-state index in [2.05, 4.69) is 0 Å². The van der Waals surface area contributed by atoms with E-state index >= 15 is 0 Å². The molecule has 7 heteroatoms. The van der Waals surface area contributed by atoms with Crippen LogP contribution in [0.15, 0.2) is 66.7 Å². The average Bonchev–Trinajstić information content (AvgIpc) is 2.73. The Kier molecular flexibility index (Phi) is 5.57. The number of aldehydes is 1. The maximum atomic E-state index is 13.9. The molecule has 3 aromatic rings. The fraction of sp³-hybridized carbons (Fsp3) is 0.0870. The van der Waals surface area contributed by atoms with Gasteiger partial charge in [-0.25, -0.2) is 8.78 Å². The maximum absolute atomic E-state index is 13.9. The molecule has 1 aliphatic heterocycles. The van der Waals surface area contributed by atoms with Crippen LogP contribution >= 0.6 is 0 Å². The highest BCUT2D eigenvalue weighted by Crippen LogP contribution is 2.46. The van der Waals surface area contributed by atoms with Crippen molar-refractivity contribution in [2.45, 2.75) is 11.7 Å². The van der Waals surface area contributed by atoms with Crippen molar-refractivity contribution >= 4 is 28.7 Å². The van der Waals surface area contributed by atoms with E-state index in [0.717, 1.165) is 0 Å². The zero-order chi connectivity index (χ0) is 21.3. The van der Waals surface area contributed by atoms with Crippen molar-refractivity contribution in [1.29, 1.82) is 0 Å². The quantitative estimate of drug-likeness (QED) is 0.443. The first-order valence-electron chi connectivity index (χ1n) is 9.04. The van der Waals surface area contributed by atoms with Gasteiger partial charge in [0.05, 0.1) is 5.92 Å². The summed E-state index contributed by atoms with van der Waals surface area (Å²) in [6, 6.07) is 16.2. The Balaban J connectivity index is 1.90. The van der Waals surface area contributed by atoms with E-state index in [1.807, 2.05) is 0 Å². The van der Waals surface area contributed by atoms with Crippen LogP contribution in [-0.4, -0.2) is 15.0 Å². The lowest BCUT2D eigenvalue weighted by atomic mass is 9.83. The maximum Gasteiger partial charge on any atom is 0.139 e. The van der Waals surface area contributed by atoms with E-state index < -0.39 is 28.6 Å². The Morgan fingerprint density at radius 1 is 0.933 bits per heavy atom. The molecule has 0 fully saturated rings. The largest absolute Gasteiger partial charge is 0.772 e. The predicted molar refractivity (Wildman–Crippen MR) is 108 cm³/mol. The smallest absolute Gasteiger partial charge is 0.139 e. The summed E-state index contributed by atoms with van der Waals surface area (Å²) < 4.78 is 55.3. The van der Waals surface area contributed by atoms with Gasteiger partial charge >= 0.3 is 0 Å². The van der Waals surface area contributed by atoms with Gasteiger partial charge in [-0.05, 0) is 53.6 Å². The first-order chi connectivity index (χ1) is 14.5. The van der Waals surface area contributed by atoms with E-state index in [4.69, 9.17) is 4.74 Å². The molecule has 1 heterocycles. The van der Waals surface area contributed by atoms with Gasteiger partial charge in [-0.15, -0.1) is 0 Å². The summed E-state index contributed by atoms with van der Waals surface area (Å²) >= 11 is -2.23. The Hall–Kier alpha value is -3.16. The number of allylic oxidation sites excluding steroid dienone is 1. The van der Waals surface area contributed by atoms with E-state index in [1.54, 1.807) is 24.3 Å². The van der Waals surface area contributed by atoms with Crippen LogP contribution in [0.2, 0.25) is 0 Å². The Labute approximate surface area is 174 Å². The van der Waals surface area contributed by atoms with Gasteiger partial charge in [-0.3, -0.25) is 4.21 Å². The molecule has 0 radical (unpaired) electrons. The summed E-state index contributed by atoms with van der Waals surface area (Å²) in [7, 11) is 0. The van der Waals surface area contributed by atoms with E-state index in [0.29, 0.717) is 45.6 Å². The Morgan fingerprint density at radius 2 is 1.57 bits per heavy atom. The minimum Gasteiger partial charge on any atom is -0.772 e. The summed E-state index contributed by atoms with van der Waals surface area (Å²) in [5.41, 5.74) is 2.63. The molecular weight excluding hydrogens is 410 g/mol. The van der Waals surface area contributed by atoms with Crippen molar-refractivity contribution in [2.75, 3.05) is 0 Å². The molecule has 0 saturated carbocycles. The molecule has 4 nitrogen and oxygen atoms in total. The third-order valence-electron chi connectivity index (χ3n) is 4.87. The predicted octanol–water partition coefficient (Wildman–Crippen LogP) is 4.59. The minimum absolute atomic E-state index is 0.133. The second kappa shape index (κ2) is 8.30. The number of benzene rings is 3. The van der Waals surface area contributed by atoms with Crippen LogP contribution in [-0.2, 0) is 21.6 Å². The lowest BCUT2D eigenvalue weighted by Crippen LogP contribution is -2.16. The van der Waals surface area contributed by atoms with Gasteiger partial charge in [-0.1, -0.05) is 35.3 Å². The second-order valence-corrected chi connectivity index (χ2v) is 7.69. The number of fused-ring (bicyclic) bond motifs is 1. The van der Waals surface area contributed by atoms with Crippen molar-refractivity contribution in [3.8, 4) is 5.75 Å². The van der Waals surface area contributed by atoms with Gasteiger partial charge in [0.1, 0.15) is 29.4 Å². The first kappa shape index (κ1) is 20.1. The summed E-state index contributed by atoms with van der Waals surface area (Å²) in [6.45, 7) is 0. The van der Waals surface area contributed by atoms with Gasteiger partial charge < -0.3 is 14.1 Å². The number of hydrogen-bond donors (Lipinski definition) is 0. The van der Waals surface area contributed by atoms with E-state index in [1.165, 1.54) is 42.5 Å². The summed E-state index contributed by atoms with van der Waals surface area (Å²) in [4.78, 5) is 12.1. The third-order valence-corrected chi connectivity index (χ3v) is 5.44. The van der Waals surface area contributed by atoms with Crippen molar-refractivity contribution in [1.82, 2.24) is 0 Å². The zero-order valence-corrected chi connectivity index (χ0v) is 16.3. The van der Waals surface area contributed by atoms with Gasteiger partial charge in [0, 0.05) is 22.5 Å². The lowest BCUT2D eigenvalue weighted by molar-refractivity contribution is -0.108. The molecular formula is C23H15F2O4S-. The number of rotatable bonds is 5. The second-order valence-electron chi connectivity index (χ2n) is 6.79. The Bertz CT molecular complexity index is 1150. The molecule has 0 spiro atoms. The van der Waals surface area contributed by atoms with Crippen LogP contribution in [0.25, 0.3) is 11.3 Å². The zero-order valence-electron chi connectivity index (χ0n) is 15.5. The fourth-order valence-corrected chi connectivity index (χ4v) is 3.97. The molecule has 2 unspecified atom stereocenters. The molecule has 0 N–H and O–H groups in total. The molecule has 3 aromatic carbocycles. The Morgan fingerprint density at radius 3 is 2.20 bits per heavy atom. The fourth-order valence-electron chi connectivity index (χ4n) is 3.50. The summed E-state index contributed by atoms with van der Waals surface area (Å²) in [5.74, 6) is -1.17. The highest BCUT2D eigenvalue weighted by molar-refractivity contribution is 7.78. The van der Waals surface area contributed by atoms with Crippen molar-refractivity contribution in [3.63, 3.8) is 0 Å². The van der Waals surface area contributed by atoms with Gasteiger partial charge in [0.25, 0.3) is 0 Å². The number of ether oxygens (including phenoxy) is 1. The monoisotopic (exact) mass is 425 g/mol. The number of hydrogen-bond acceptors (Lipinski definition) is 4. The summed E-state index contributed by atoms with van der Waals surface area (Å²) in [6.07, 6.45) is 0.709. The highest BCUT2D eigenvalue weighted by Gasteiger charge is 2.31. The minimum atomic E-state index is -2.23. The molecule has 0 aromatic heterocycles. The molecule has 4 rings (SSSR count). The van der Waals surface area contributed by atoms with Crippen LogP contribution in [0.3, 0.4) is 0 Å². The van der Waals surface area contributed by atoms with Crippen molar-refractivity contribution in [3.05, 3.63) is 101 Å². The lowest BCUT2D eigenvalue weighted by Gasteiger charge is -2.28. The average molecular weight is 425 g/mol. The third kappa shape index (κ3) is 3.94. The van der Waals surface area contributed by atoms with Crippen molar-refractivity contribution in [2.24, 2.45) is 0 Å². The molecule has 152 valence electrons. The van der Waals surface area contributed by atoms with Crippen molar-refractivity contribution < 1.29 is 27.1 Å². The molecule has 0 bridgehead atoms. The van der Waals surface area contributed by atoms with E-state index in [-0.39, 0.29) is 5.75 Å². The SMILES string of the molecule is O=CC1C(c2ccc(CS(=O)[O-])cc2)=C(c2ccc(F)cc2)Oc2ccc(F)cc21. The topological polar surface area (TPSA) is 66.4 Å². The number of carbonyl (C=O) groups excluding carboxylic acids is 1. The highest BCUT2D eigenvalue weighted by atomic mass is 32.2. The number of halogens is 2. The van der Waals surface area contributed by atoms with Gasteiger partial charge in [0.2, 0.25) is 0 Å². The molecule has 0 saturated heterocycles. The van der Waals surface area contributed by atoms with Gasteiger partial charge in [0.15, 0.2) is 0 Å². The van der Waals surface area contributed by atoms with E-state index in [9.17, 15) is 22.3 Å². The van der Waals surface area contributed by atoms with Crippen LogP contribution in [0.1, 0.15) is 28.2 Å². The van der Waals surface area contributed by atoms with Gasteiger partial charge in [-0.2, -0.15) is 0 Å². The standard InChI is InChI=1S/C23H16F2O4S/c24-17-7-5-16(6-8-17)23-22(15-3-1-14(2-4-15)13-30(27)28)20(12-26)19-11-18(25)9-10-21(19)29-23/h1-12,20H,13H2,(H,27,28)/p-1. The molecule has 30 heavy (non-hydrogen) atoms. The van der Waals surface area contributed by atoms with Crippen LogP contribution in [0.4, 0.5) is 8.78 Å². The first-order valence-corrected chi connectivity index (χ1v) is 10.3. The molecule has 0 amide bonds. The molecule has 2 atom stereocenters. The normalized spacial score (nSPS) is 16.6. The van der Waals surface area contributed by atoms with Crippen LogP contribution < -0.4 is 4.74 Å².